The number of benzene rings is 1. The Kier molecular flexibility index (Phi) is 4.60. The summed E-state index contributed by atoms with van der Waals surface area (Å²) >= 11 is 0. The van der Waals surface area contributed by atoms with Crippen molar-refractivity contribution in [3.63, 3.8) is 0 Å². The number of carbonyl (C=O) groups is 2. The van der Waals surface area contributed by atoms with Gasteiger partial charge in [0.15, 0.2) is 11.5 Å². The van der Waals surface area contributed by atoms with Crippen molar-refractivity contribution < 1.29 is 27.9 Å². The smallest absolute Gasteiger partial charge is 0.290 e. The summed E-state index contributed by atoms with van der Waals surface area (Å²) in [5, 5.41) is 0. The van der Waals surface area contributed by atoms with Crippen molar-refractivity contribution in [1.29, 1.82) is 0 Å². The van der Waals surface area contributed by atoms with Crippen LogP contribution in [0.25, 0.3) is 0 Å². The topological polar surface area (TPSA) is 69.0 Å². The molecule has 30 heavy (non-hydrogen) atoms. The fraction of sp³-hybridized carbons (Fsp3) is 0.391. The van der Waals surface area contributed by atoms with Crippen molar-refractivity contribution >= 4 is 11.7 Å². The summed E-state index contributed by atoms with van der Waals surface area (Å²) in [6.07, 6.45) is 0.998. The number of Topliss-reactive ketones (excluding diaryl/α,β-unsaturated/α-hetero) is 1. The van der Waals surface area contributed by atoms with Crippen LogP contribution in [-0.2, 0) is 20.9 Å². The zero-order chi connectivity index (χ0) is 20.8. The van der Waals surface area contributed by atoms with Crippen LogP contribution in [0, 0.1) is 5.92 Å². The highest BCUT2D eigenvalue weighted by Gasteiger charge is 2.53. The monoisotopic (exact) mass is 411 g/mol. The van der Waals surface area contributed by atoms with Crippen molar-refractivity contribution in [3.05, 3.63) is 65.3 Å². The lowest BCUT2D eigenvalue weighted by atomic mass is 9.77. The van der Waals surface area contributed by atoms with Gasteiger partial charge in [0, 0.05) is 0 Å². The summed E-state index contributed by atoms with van der Waals surface area (Å²) < 4.78 is 30.9. The van der Waals surface area contributed by atoms with Gasteiger partial charge in [0.2, 0.25) is 0 Å². The first-order valence-corrected chi connectivity index (χ1v) is 10.1. The molecule has 0 radical (unpaired) electrons. The number of rotatable bonds is 4. The summed E-state index contributed by atoms with van der Waals surface area (Å²) in [4.78, 5) is 28.4. The second kappa shape index (κ2) is 7.31. The second-order valence-corrected chi connectivity index (χ2v) is 7.97. The van der Waals surface area contributed by atoms with Gasteiger partial charge in [0.25, 0.3) is 5.91 Å². The fourth-order valence-corrected chi connectivity index (χ4v) is 4.75. The van der Waals surface area contributed by atoms with E-state index in [0.717, 1.165) is 5.56 Å². The van der Waals surface area contributed by atoms with E-state index in [4.69, 9.17) is 13.9 Å². The number of methoxy groups -OCH3 is 1. The van der Waals surface area contributed by atoms with Gasteiger partial charge in [-0.25, -0.2) is 4.39 Å². The van der Waals surface area contributed by atoms with E-state index in [9.17, 15) is 14.0 Å². The summed E-state index contributed by atoms with van der Waals surface area (Å²) in [7, 11) is 1.56. The third kappa shape index (κ3) is 3.00. The van der Waals surface area contributed by atoms with Crippen LogP contribution >= 0.6 is 0 Å². The Balaban J connectivity index is 1.59. The lowest BCUT2D eigenvalue weighted by Gasteiger charge is -2.36. The average molecular weight is 411 g/mol. The maximum absolute atomic E-state index is 14.1. The standard InChI is InChI=1S/C23H22FNO5/c1-28-15-5-2-4-13(10-15)20-19-21(26)17-11-14(24)7-8-18(17)30-22(19)23(27)25(20)12-16-6-3-9-29-16/h2-6,9-10,14,17-18,20H,7-8,11-12H2,1H3. The lowest BCUT2D eigenvalue weighted by molar-refractivity contribution is -0.136. The molecule has 4 unspecified atom stereocenters. The highest BCUT2D eigenvalue weighted by atomic mass is 19.1. The Morgan fingerprint density at radius 3 is 2.83 bits per heavy atom. The van der Waals surface area contributed by atoms with E-state index in [2.05, 4.69) is 0 Å². The molecule has 3 heterocycles. The van der Waals surface area contributed by atoms with Crippen LogP contribution in [0.5, 0.6) is 5.75 Å². The first kappa shape index (κ1) is 18.9. The van der Waals surface area contributed by atoms with E-state index in [1.165, 1.54) is 0 Å². The molecule has 2 aliphatic heterocycles. The number of amides is 1. The van der Waals surface area contributed by atoms with E-state index < -0.39 is 24.2 Å². The number of fused-ring (bicyclic) bond motifs is 1. The molecule has 0 spiro atoms. The molecular formula is C23H22FNO5. The molecule has 4 atom stereocenters. The highest BCUT2D eigenvalue weighted by molar-refractivity contribution is 6.11. The second-order valence-electron chi connectivity index (χ2n) is 7.97. The molecule has 6 nitrogen and oxygen atoms in total. The molecule has 0 saturated heterocycles. The Labute approximate surface area is 173 Å². The quantitative estimate of drug-likeness (QED) is 0.767. The summed E-state index contributed by atoms with van der Waals surface area (Å²) in [6.45, 7) is 0.193. The predicted octanol–water partition coefficient (Wildman–Crippen LogP) is 3.73. The van der Waals surface area contributed by atoms with E-state index >= 15 is 0 Å². The molecule has 1 aliphatic carbocycles. The third-order valence-electron chi connectivity index (χ3n) is 6.19. The Morgan fingerprint density at radius 1 is 1.20 bits per heavy atom. The zero-order valence-corrected chi connectivity index (χ0v) is 16.5. The molecule has 1 saturated carbocycles. The Bertz CT molecular complexity index is 1010. The first-order chi connectivity index (χ1) is 14.6. The van der Waals surface area contributed by atoms with Gasteiger partial charge in [0.1, 0.15) is 23.8 Å². The van der Waals surface area contributed by atoms with Crippen LogP contribution in [0.3, 0.4) is 0 Å². The number of ether oxygens (including phenoxy) is 2. The Hall–Kier alpha value is -3.09. The molecular weight excluding hydrogens is 389 g/mol. The van der Waals surface area contributed by atoms with Gasteiger partial charge in [-0.3, -0.25) is 9.59 Å². The van der Waals surface area contributed by atoms with Gasteiger partial charge >= 0.3 is 0 Å². The van der Waals surface area contributed by atoms with Crippen LogP contribution < -0.4 is 4.74 Å². The summed E-state index contributed by atoms with van der Waals surface area (Å²) in [5.74, 6) is 0.227. The van der Waals surface area contributed by atoms with Gasteiger partial charge < -0.3 is 18.8 Å². The molecule has 2 aromatic rings. The Morgan fingerprint density at radius 2 is 2.07 bits per heavy atom. The van der Waals surface area contributed by atoms with Crippen LogP contribution in [0.2, 0.25) is 0 Å². The molecule has 3 aliphatic rings. The van der Waals surface area contributed by atoms with Gasteiger partial charge in [0.05, 0.1) is 37.5 Å². The maximum Gasteiger partial charge on any atom is 0.290 e. The van der Waals surface area contributed by atoms with Crippen molar-refractivity contribution in [3.8, 4) is 5.75 Å². The molecule has 7 heteroatoms. The number of hydrogen-bond donors (Lipinski definition) is 0. The zero-order valence-electron chi connectivity index (χ0n) is 16.5. The molecule has 0 N–H and O–H groups in total. The maximum atomic E-state index is 14.1. The average Bonchev–Trinajstić information content (AvgIpc) is 3.36. The van der Waals surface area contributed by atoms with Gasteiger partial charge in [-0.2, -0.15) is 0 Å². The van der Waals surface area contributed by atoms with Crippen LogP contribution in [0.4, 0.5) is 4.39 Å². The van der Waals surface area contributed by atoms with Crippen LogP contribution in [0.15, 0.2) is 58.4 Å². The number of nitrogens with zero attached hydrogens (tertiary/aromatic N) is 1. The number of ketones is 1. The van der Waals surface area contributed by atoms with Crippen molar-refractivity contribution in [2.75, 3.05) is 7.11 Å². The molecule has 1 fully saturated rings. The number of carbonyl (C=O) groups excluding carboxylic acids is 2. The minimum absolute atomic E-state index is 0.0953. The highest BCUT2D eigenvalue weighted by Crippen LogP contribution is 2.47. The fourth-order valence-electron chi connectivity index (χ4n) is 4.75. The van der Waals surface area contributed by atoms with E-state index in [0.29, 0.717) is 29.9 Å². The number of alkyl halides is 1. The summed E-state index contributed by atoms with van der Waals surface area (Å²) in [6, 6.07) is 10.2. The largest absolute Gasteiger partial charge is 0.497 e. The molecule has 0 bridgehead atoms. The molecule has 1 aromatic carbocycles. The van der Waals surface area contributed by atoms with Crippen LogP contribution in [0.1, 0.15) is 36.6 Å². The van der Waals surface area contributed by atoms with Gasteiger partial charge in [-0.15, -0.1) is 0 Å². The van der Waals surface area contributed by atoms with Crippen molar-refractivity contribution in [2.45, 2.75) is 44.1 Å². The minimum atomic E-state index is -1.02. The summed E-state index contributed by atoms with van der Waals surface area (Å²) in [5.41, 5.74) is 1.05. The number of hydrogen-bond acceptors (Lipinski definition) is 5. The molecule has 1 amide bonds. The lowest BCUT2D eigenvalue weighted by Crippen LogP contribution is -2.42. The first-order valence-electron chi connectivity index (χ1n) is 10.1. The molecule has 5 rings (SSSR count). The SMILES string of the molecule is COc1cccc(C2C3=C(OC4CCC(F)CC4C3=O)C(=O)N2Cc2ccco2)c1. The number of furan rings is 1. The van der Waals surface area contributed by atoms with Crippen LogP contribution in [-0.4, -0.2) is 36.0 Å². The minimum Gasteiger partial charge on any atom is -0.497 e. The normalized spacial score (nSPS) is 28.3. The molecule has 1 aromatic heterocycles. The number of halogens is 1. The van der Waals surface area contributed by atoms with Crippen molar-refractivity contribution in [1.82, 2.24) is 4.90 Å². The third-order valence-corrected chi connectivity index (χ3v) is 6.19. The van der Waals surface area contributed by atoms with E-state index in [-0.39, 0.29) is 30.4 Å². The van der Waals surface area contributed by atoms with Gasteiger partial charge in [-0.05, 0) is 49.1 Å². The van der Waals surface area contributed by atoms with E-state index in [1.54, 1.807) is 42.5 Å². The predicted molar refractivity (Wildman–Crippen MR) is 104 cm³/mol. The van der Waals surface area contributed by atoms with Gasteiger partial charge in [-0.1, -0.05) is 12.1 Å². The van der Waals surface area contributed by atoms with E-state index in [1.807, 2.05) is 12.1 Å². The molecule has 156 valence electrons. The van der Waals surface area contributed by atoms with Crippen molar-refractivity contribution in [2.24, 2.45) is 5.92 Å².